The number of hydrogen-bond acceptors (Lipinski definition) is 8. The molecule has 0 bridgehead atoms. The summed E-state index contributed by atoms with van der Waals surface area (Å²) in [5, 5.41) is 11.1. The van der Waals surface area contributed by atoms with Gasteiger partial charge in [-0.2, -0.15) is 0 Å². The fourth-order valence-electron chi connectivity index (χ4n) is 10.9. The van der Waals surface area contributed by atoms with Crippen molar-refractivity contribution >= 4 is 17.3 Å². The summed E-state index contributed by atoms with van der Waals surface area (Å²) in [6.45, 7) is 3.32. The molecule has 0 fully saturated rings. The zero-order chi connectivity index (χ0) is 45.6. The molecule has 0 aliphatic carbocycles. The van der Waals surface area contributed by atoms with Gasteiger partial charge in [0.2, 0.25) is 17.4 Å². The van der Waals surface area contributed by atoms with Crippen LogP contribution in [0.15, 0.2) is 194 Å². The lowest BCUT2D eigenvalue weighted by Gasteiger charge is -2.33. The molecule has 1 N–H and O–H groups in total. The minimum Gasteiger partial charge on any atom is -0.504 e. The zero-order valence-corrected chi connectivity index (χ0v) is 37.2. The van der Waals surface area contributed by atoms with Gasteiger partial charge < -0.3 is 33.7 Å². The average molecular weight is 897 g/mol. The number of para-hydroxylation sites is 2. The molecule has 8 aromatic carbocycles. The largest absolute Gasteiger partial charge is 0.504 e. The van der Waals surface area contributed by atoms with E-state index in [4.69, 9.17) is 23.7 Å². The van der Waals surface area contributed by atoms with Crippen LogP contribution in [0.5, 0.6) is 34.5 Å². The Morgan fingerprint density at radius 1 is 0.456 bits per heavy atom. The van der Waals surface area contributed by atoms with Gasteiger partial charge in [-0.25, -0.2) is 0 Å². The molecule has 2 unspecified atom stereocenters. The van der Waals surface area contributed by atoms with Crippen LogP contribution >= 0.6 is 0 Å². The van der Waals surface area contributed by atoms with Crippen LogP contribution < -0.4 is 33.5 Å². The summed E-state index contributed by atoms with van der Waals surface area (Å²) < 4.78 is 29.5. The molecule has 0 radical (unpaired) electrons. The SMILES string of the molecule is O=C1C(c2ccc3c(c2O)OCCO3)c2ccccc2N1C(c1ccccc1)c1ccccc1.c1ccc(C(c2ccccc2)N2CC3(COc4c3ccc3c4OCCO3)c3ccccc32)cc1. The molecule has 0 aromatic heterocycles. The molecule has 0 saturated heterocycles. The Hall–Kier alpha value is -8.17. The smallest absolute Gasteiger partial charge is 0.240 e. The number of phenolic OH excluding ortho intramolecular Hbond substituents is 1. The Balaban J connectivity index is 0.000000141. The lowest BCUT2D eigenvalue weighted by molar-refractivity contribution is -0.118. The summed E-state index contributed by atoms with van der Waals surface area (Å²) in [5.41, 5.74) is 10.3. The lowest BCUT2D eigenvalue weighted by Crippen LogP contribution is -2.38. The number of benzene rings is 8. The van der Waals surface area contributed by atoms with Crippen molar-refractivity contribution in [2.45, 2.75) is 23.4 Å². The summed E-state index contributed by atoms with van der Waals surface area (Å²) in [6.07, 6.45) is 0. The highest BCUT2D eigenvalue weighted by molar-refractivity contribution is 6.08. The molecule has 9 heteroatoms. The maximum Gasteiger partial charge on any atom is 0.240 e. The molecule has 1 spiro atoms. The average Bonchev–Trinajstić information content (AvgIpc) is 4.05. The molecule has 68 heavy (non-hydrogen) atoms. The predicted octanol–water partition coefficient (Wildman–Crippen LogP) is 11.2. The molecule has 336 valence electrons. The summed E-state index contributed by atoms with van der Waals surface area (Å²) >= 11 is 0. The molecular weight excluding hydrogens is 849 g/mol. The normalized spacial score (nSPS) is 18.1. The predicted molar refractivity (Wildman–Crippen MR) is 262 cm³/mol. The monoisotopic (exact) mass is 896 g/mol. The minimum atomic E-state index is -0.651. The first kappa shape index (κ1) is 41.3. The van der Waals surface area contributed by atoms with Gasteiger partial charge in [0.25, 0.3) is 0 Å². The Morgan fingerprint density at radius 3 is 1.59 bits per heavy atom. The van der Waals surface area contributed by atoms with Gasteiger partial charge >= 0.3 is 0 Å². The van der Waals surface area contributed by atoms with Crippen LogP contribution in [0, 0.1) is 0 Å². The Bertz CT molecular complexity index is 3050. The molecule has 5 aliphatic rings. The molecule has 13 rings (SSSR count). The summed E-state index contributed by atoms with van der Waals surface area (Å²) in [4.78, 5) is 18.6. The fourth-order valence-corrected chi connectivity index (χ4v) is 10.9. The first-order chi connectivity index (χ1) is 33.6. The Morgan fingerprint density at radius 2 is 0.956 bits per heavy atom. The molecule has 1 amide bonds. The highest BCUT2D eigenvalue weighted by Gasteiger charge is 2.52. The topological polar surface area (TPSA) is 89.9 Å². The number of amides is 1. The fraction of sp³-hybridized carbons (Fsp3) is 0.169. The first-order valence-electron chi connectivity index (χ1n) is 23.2. The third-order valence-corrected chi connectivity index (χ3v) is 13.9. The molecule has 8 aromatic rings. The second kappa shape index (κ2) is 17.2. The van der Waals surface area contributed by atoms with Crippen LogP contribution in [0.1, 0.15) is 62.5 Å². The van der Waals surface area contributed by atoms with Gasteiger partial charge in [0, 0.05) is 29.0 Å². The molecular formula is C59H48N2O7. The summed E-state index contributed by atoms with van der Waals surface area (Å²) in [5.74, 6) is 2.38. The van der Waals surface area contributed by atoms with Crippen molar-refractivity contribution in [3.63, 3.8) is 0 Å². The number of phenols is 1. The Labute approximate surface area is 395 Å². The van der Waals surface area contributed by atoms with Crippen molar-refractivity contribution in [2.24, 2.45) is 0 Å². The van der Waals surface area contributed by atoms with E-state index >= 15 is 0 Å². The van der Waals surface area contributed by atoms with Crippen LogP contribution in [0.25, 0.3) is 0 Å². The number of anilines is 2. The molecule has 2 atom stereocenters. The number of aromatic hydroxyl groups is 1. The van der Waals surface area contributed by atoms with Crippen molar-refractivity contribution < 1.29 is 33.6 Å². The summed E-state index contributed by atoms with van der Waals surface area (Å²) in [6, 6.07) is 65.8. The number of hydrogen-bond donors (Lipinski definition) is 1. The number of nitrogens with zero attached hydrogens (tertiary/aromatic N) is 2. The lowest BCUT2D eigenvalue weighted by atomic mass is 9.77. The second-order valence-electron chi connectivity index (χ2n) is 17.7. The van der Waals surface area contributed by atoms with Crippen molar-refractivity contribution in [2.75, 3.05) is 49.4 Å². The quantitative estimate of drug-likeness (QED) is 0.169. The van der Waals surface area contributed by atoms with Gasteiger partial charge in [-0.15, -0.1) is 0 Å². The van der Waals surface area contributed by atoms with Crippen LogP contribution in [0.4, 0.5) is 11.4 Å². The highest BCUT2D eigenvalue weighted by Crippen LogP contribution is 2.58. The van der Waals surface area contributed by atoms with E-state index in [2.05, 4.69) is 95.9 Å². The third kappa shape index (κ3) is 6.87. The highest BCUT2D eigenvalue weighted by atomic mass is 16.6. The number of rotatable bonds is 7. The van der Waals surface area contributed by atoms with Crippen molar-refractivity contribution in [1.29, 1.82) is 0 Å². The van der Waals surface area contributed by atoms with Crippen LogP contribution in [-0.2, 0) is 10.2 Å². The van der Waals surface area contributed by atoms with Crippen molar-refractivity contribution in [1.82, 2.24) is 0 Å². The minimum absolute atomic E-state index is 0.0387. The van der Waals surface area contributed by atoms with E-state index in [1.165, 1.54) is 27.9 Å². The number of ether oxygens (including phenoxy) is 5. The van der Waals surface area contributed by atoms with E-state index in [0.717, 1.165) is 46.2 Å². The van der Waals surface area contributed by atoms with Gasteiger partial charge in [0.15, 0.2) is 23.0 Å². The van der Waals surface area contributed by atoms with Crippen LogP contribution in [0.2, 0.25) is 0 Å². The van der Waals surface area contributed by atoms with Crippen LogP contribution in [0.3, 0.4) is 0 Å². The molecule has 9 nitrogen and oxygen atoms in total. The zero-order valence-electron chi connectivity index (χ0n) is 37.2. The number of carbonyl (C=O) groups is 1. The maximum atomic E-state index is 14.2. The molecule has 5 heterocycles. The van der Waals surface area contributed by atoms with Gasteiger partial charge in [0.1, 0.15) is 33.0 Å². The van der Waals surface area contributed by atoms with Crippen molar-refractivity contribution in [3.05, 3.63) is 239 Å². The van der Waals surface area contributed by atoms with E-state index in [9.17, 15) is 9.90 Å². The molecule has 0 saturated carbocycles. The van der Waals surface area contributed by atoms with E-state index in [1.54, 1.807) is 12.1 Å². The number of fused-ring (bicyclic) bond motifs is 8. The van der Waals surface area contributed by atoms with E-state index in [-0.39, 0.29) is 29.2 Å². The van der Waals surface area contributed by atoms with Crippen LogP contribution in [-0.4, -0.2) is 50.6 Å². The van der Waals surface area contributed by atoms with Crippen molar-refractivity contribution in [3.8, 4) is 34.5 Å². The standard InChI is InChI=1S/C30H25NO3.C29H23NO4/c1-3-9-21(10-4-1)27(22-11-5-2-6-12-22)31-19-30(23-13-7-8-14-25(23)31)20-34-28-24(30)15-16-26-29(28)33-18-17-32-26;31-27-22(15-16-24-28(27)34-18-17-33-24)25-21-13-7-8-14-23(21)30(29(25)32)26(19-9-3-1-4-10-19)20-11-5-2-6-12-20/h1-16,27H,17-20H2;1-16,25-26,31H,17-18H2. The van der Waals surface area contributed by atoms with Gasteiger partial charge in [0.05, 0.1) is 23.4 Å². The maximum absolute atomic E-state index is 14.2. The second-order valence-corrected chi connectivity index (χ2v) is 17.7. The first-order valence-corrected chi connectivity index (χ1v) is 23.2. The molecule has 5 aliphatic heterocycles. The summed E-state index contributed by atoms with van der Waals surface area (Å²) in [7, 11) is 0. The van der Waals surface area contributed by atoms with E-state index < -0.39 is 5.92 Å². The van der Waals surface area contributed by atoms with Gasteiger partial charge in [-0.1, -0.05) is 170 Å². The van der Waals surface area contributed by atoms with Gasteiger partial charge in [-0.05, 0) is 57.6 Å². The van der Waals surface area contributed by atoms with E-state index in [0.29, 0.717) is 50.1 Å². The third-order valence-electron chi connectivity index (χ3n) is 13.9. The number of carbonyl (C=O) groups excluding carboxylic acids is 1. The Kier molecular flexibility index (Phi) is 10.5. The van der Waals surface area contributed by atoms with Gasteiger partial charge in [-0.3, -0.25) is 9.69 Å². The van der Waals surface area contributed by atoms with E-state index in [1.807, 2.05) is 95.9 Å².